The van der Waals surface area contributed by atoms with Crippen molar-refractivity contribution in [2.24, 2.45) is 0 Å². The molecule has 8 rings (SSSR count). The van der Waals surface area contributed by atoms with Crippen LogP contribution in [0.15, 0.2) is 53.2 Å². The Morgan fingerprint density at radius 2 is 1.86 bits per heavy atom. The van der Waals surface area contributed by atoms with Crippen LogP contribution in [0.25, 0.3) is 33.7 Å². The number of fused-ring (bicyclic) bond motifs is 4. The number of hydrogen-bond acceptors (Lipinski definition) is 9. The molecule has 4 aliphatic heterocycles. The zero-order valence-electron chi connectivity index (χ0n) is 24.3. The van der Waals surface area contributed by atoms with Crippen LogP contribution in [-0.4, -0.2) is 84.3 Å². The molecule has 1 amide bonds. The first-order valence-electron chi connectivity index (χ1n) is 14.8. The summed E-state index contributed by atoms with van der Waals surface area (Å²) in [5.74, 6) is 1.47. The molecule has 1 aromatic carbocycles. The van der Waals surface area contributed by atoms with E-state index < -0.39 is 0 Å². The minimum atomic E-state index is -0.0220. The quantitative estimate of drug-likeness (QED) is 0.314. The number of benzene rings is 1. The molecule has 4 saturated heterocycles. The molecule has 0 spiro atoms. The average molecular weight is 580 g/mol. The SMILES string of the molecule is COc1cc(C(=O)N2CC3CCC2CN3C)cnc1-c1cc2nccc(-c3ccc(OC4CCOCC4)c(C#N)c3)c2o1. The second-order valence-electron chi connectivity index (χ2n) is 11.5. The molecule has 3 aromatic heterocycles. The largest absolute Gasteiger partial charge is 0.494 e. The Labute approximate surface area is 249 Å². The van der Waals surface area contributed by atoms with E-state index in [9.17, 15) is 10.1 Å². The van der Waals surface area contributed by atoms with Crippen molar-refractivity contribution in [1.29, 1.82) is 5.26 Å². The van der Waals surface area contributed by atoms with Gasteiger partial charge in [0.1, 0.15) is 34.9 Å². The van der Waals surface area contributed by atoms with Crippen molar-refractivity contribution < 1.29 is 23.4 Å². The number of rotatable bonds is 6. The van der Waals surface area contributed by atoms with Gasteiger partial charge in [0.15, 0.2) is 11.3 Å². The molecule has 2 atom stereocenters. The Kier molecular flexibility index (Phi) is 7.21. The topological polar surface area (TPSA) is 114 Å². The third kappa shape index (κ3) is 5.09. The smallest absolute Gasteiger partial charge is 0.255 e. The lowest BCUT2D eigenvalue weighted by Gasteiger charge is -2.50. The fourth-order valence-electron chi connectivity index (χ4n) is 6.50. The number of likely N-dealkylation sites (N-methyl/N-ethyl adjacent to an activating group) is 1. The van der Waals surface area contributed by atoms with Crippen molar-refractivity contribution in [2.75, 3.05) is 40.5 Å². The van der Waals surface area contributed by atoms with E-state index in [4.69, 9.17) is 18.6 Å². The van der Waals surface area contributed by atoms with Gasteiger partial charge in [-0.3, -0.25) is 14.7 Å². The number of nitriles is 1. The van der Waals surface area contributed by atoms with Crippen LogP contribution in [-0.2, 0) is 4.74 Å². The maximum atomic E-state index is 13.5. The molecule has 7 heterocycles. The van der Waals surface area contributed by atoms with E-state index in [2.05, 4.69) is 28.0 Å². The molecule has 4 aliphatic rings. The fraction of sp³-hybridized carbons (Fsp3) is 0.394. The molecule has 10 heteroatoms. The standard InChI is InChI=1S/C33H33N5O5/c1-37-18-24-5-4-23(37)19-38(24)33(39)22-14-29(40-2)31(36-17-22)30-15-27-32(43-30)26(7-10-35-27)20-3-6-28(21(13-20)16-34)42-25-8-11-41-12-9-25/h3,6-7,10,13-15,17,23-25H,4-5,8-9,11-12,18-19H2,1-2H3. The van der Waals surface area contributed by atoms with E-state index in [1.54, 1.807) is 25.6 Å². The summed E-state index contributed by atoms with van der Waals surface area (Å²) < 4.78 is 23.6. The molecule has 2 bridgehead atoms. The van der Waals surface area contributed by atoms with Crippen molar-refractivity contribution in [3.8, 4) is 40.1 Å². The summed E-state index contributed by atoms with van der Waals surface area (Å²) in [6.45, 7) is 2.96. The number of amides is 1. The Hall–Kier alpha value is -4.46. The van der Waals surface area contributed by atoms with Crippen molar-refractivity contribution in [3.05, 3.63) is 59.9 Å². The number of aromatic nitrogens is 2. The normalized spacial score (nSPS) is 20.7. The number of furan rings is 1. The summed E-state index contributed by atoms with van der Waals surface area (Å²) in [6, 6.07) is 13.9. The number of carbonyl (C=O) groups is 1. The number of nitrogens with zero attached hydrogens (tertiary/aromatic N) is 5. The molecule has 0 aliphatic carbocycles. The lowest BCUT2D eigenvalue weighted by molar-refractivity contribution is -0.000132. The zero-order chi connectivity index (χ0) is 29.5. The highest BCUT2D eigenvalue weighted by Crippen LogP contribution is 2.38. The molecule has 4 fully saturated rings. The number of carbonyl (C=O) groups excluding carboxylic acids is 1. The molecule has 0 saturated carbocycles. The number of piperidine rings is 2. The van der Waals surface area contributed by atoms with Crippen LogP contribution in [0.3, 0.4) is 0 Å². The molecule has 0 N–H and O–H groups in total. The van der Waals surface area contributed by atoms with Crippen LogP contribution in [0.4, 0.5) is 0 Å². The summed E-state index contributed by atoms with van der Waals surface area (Å²) in [5, 5.41) is 9.89. The third-order valence-corrected chi connectivity index (χ3v) is 8.90. The summed E-state index contributed by atoms with van der Waals surface area (Å²) >= 11 is 0. The van der Waals surface area contributed by atoms with E-state index in [0.717, 1.165) is 49.9 Å². The predicted octanol–water partition coefficient (Wildman–Crippen LogP) is 4.91. The van der Waals surface area contributed by atoms with Gasteiger partial charge in [0.05, 0.1) is 31.5 Å². The minimum absolute atomic E-state index is 0.0220. The Bertz CT molecular complexity index is 1720. The number of hydrogen-bond donors (Lipinski definition) is 0. The van der Waals surface area contributed by atoms with Gasteiger partial charge in [-0.1, -0.05) is 6.07 Å². The van der Waals surface area contributed by atoms with E-state index >= 15 is 0 Å². The van der Waals surface area contributed by atoms with Crippen LogP contribution >= 0.6 is 0 Å². The number of piperazine rings is 1. The van der Waals surface area contributed by atoms with Crippen molar-refractivity contribution in [2.45, 2.75) is 43.9 Å². The second kappa shape index (κ2) is 11.3. The lowest BCUT2D eigenvalue weighted by Crippen LogP contribution is -2.62. The van der Waals surface area contributed by atoms with Crippen molar-refractivity contribution in [1.82, 2.24) is 19.8 Å². The highest BCUT2D eigenvalue weighted by Gasteiger charge is 2.39. The molecule has 2 unspecified atom stereocenters. The number of ether oxygens (including phenoxy) is 3. The zero-order valence-corrected chi connectivity index (χ0v) is 24.3. The summed E-state index contributed by atoms with van der Waals surface area (Å²) in [4.78, 5) is 27.0. The first-order chi connectivity index (χ1) is 21.0. The molecular weight excluding hydrogens is 546 g/mol. The maximum Gasteiger partial charge on any atom is 0.255 e. The summed E-state index contributed by atoms with van der Waals surface area (Å²) in [5.41, 5.74) is 4.26. The minimum Gasteiger partial charge on any atom is -0.494 e. The molecular formula is C33H33N5O5. The van der Waals surface area contributed by atoms with Gasteiger partial charge in [-0.25, -0.2) is 4.98 Å². The monoisotopic (exact) mass is 579 g/mol. The molecule has 220 valence electrons. The van der Waals surface area contributed by atoms with Gasteiger partial charge >= 0.3 is 0 Å². The predicted molar refractivity (Wildman–Crippen MR) is 159 cm³/mol. The fourth-order valence-corrected chi connectivity index (χ4v) is 6.50. The van der Waals surface area contributed by atoms with E-state index in [-0.39, 0.29) is 18.1 Å². The highest BCUT2D eigenvalue weighted by atomic mass is 16.5. The maximum absolute atomic E-state index is 13.5. The Morgan fingerprint density at radius 3 is 2.60 bits per heavy atom. The molecule has 4 aromatic rings. The van der Waals surface area contributed by atoms with Crippen LogP contribution in [0, 0.1) is 11.3 Å². The van der Waals surface area contributed by atoms with E-state index in [1.807, 2.05) is 35.2 Å². The average Bonchev–Trinajstić information content (AvgIpc) is 3.49. The van der Waals surface area contributed by atoms with Crippen molar-refractivity contribution >= 4 is 17.0 Å². The van der Waals surface area contributed by atoms with E-state index in [0.29, 0.717) is 64.4 Å². The van der Waals surface area contributed by atoms with Gasteiger partial charge in [0.2, 0.25) is 0 Å². The van der Waals surface area contributed by atoms with Gasteiger partial charge in [0.25, 0.3) is 5.91 Å². The van der Waals surface area contributed by atoms with Gasteiger partial charge in [-0.2, -0.15) is 5.26 Å². The van der Waals surface area contributed by atoms with Gasteiger partial charge < -0.3 is 23.5 Å². The molecule has 10 nitrogen and oxygen atoms in total. The van der Waals surface area contributed by atoms with Crippen LogP contribution < -0.4 is 9.47 Å². The summed E-state index contributed by atoms with van der Waals surface area (Å²) in [7, 11) is 3.69. The summed E-state index contributed by atoms with van der Waals surface area (Å²) in [6.07, 6.45) is 7.11. The van der Waals surface area contributed by atoms with Gasteiger partial charge in [-0.05, 0) is 49.7 Å². The van der Waals surface area contributed by atoms with Crippen molar-refractivity contribution in [3.63, 3.8) is 0 Å². The lowest BCUT2D eigenvalue weighted by atomic mass is 9.91. The van der Waals surface area contributed by atoms with Crippen LogP contribution in [0.1, 0.15) is 41.6 Å². The third-order valence-electron chi connectivity index (χ3n) is 8.90. The first kappa shape index (κ1) is 27.4. The van der Waals surface area contributed by atoms with Gasteiger partial charge in [-0.15, -0.1) is 0 Å². The number of methoxy groups -OCH3 is 1. The molecule has 43 heavy (non-hydrogen) atoms. The Balaban J connectivity index is 1.18. The van der Waals surface area contributed by atoms with E-state index in [1.165, 1.54) is 0 Å². The van der Waals surface area contributed by atoms with Gasteiger partial charge in [0, 0.05) is 62.0 Å². The highest BCUT2D eigenvalue weighted by molar-refractivity contribution is 5.96. The Morgan fingerprint density at radius 1 is 1.02 bits per heavy atom. The van der Waals surface area contributed by atoms with Crippen LogP contribution in [0.5, 0.6) is 11.5 Å². The second-order valence-corrected chi connectivity index (χ2v) is 11.5. The van der Waals surface area contributed by atoms with Crippen LogP contribution in [0.2, 0.25) is 0 Å². The first-order valence-corrected chi connectivity index (χ1v) is 14.8. The molecule has 0 radical (unpaired) electrons. The number of pyridine rings is 2.